The van der Waals surface area contributed by atoms with Crippen LogP contribution in [0.15, 0.2) is 188 Å². The number of pyridine rings is 1. The van der Waals surface area contributed by atoms with Crippen LogP contribution >= 0.6 is 0 Å². The lowest BCUT2D eigenvalue weighted by Crippen LogP contribution is -2.40. The van der Waals surface area contributed by atoms with Crippen LogP contribution in [0.2, 0.25) is 0 Å². The van der Waals surface area contributed by atoms with E-state index in [-0.39, 0.29) is 49.9 Å². The number of aromatic nitrogens is 3. The molecule has 314 valence electrons. The molecule has 0 aliphatic carbocycles. The number of nitrogens with one attached hydrogen (secondary N) is 2. The predicted molar refractivity (Wildman–Crippen MR) is 265 cm³/mol. The van der Waals surface area contributed by atoms with Gasteiger partial charge in [0.15, 0.2) is 0 Å². The van der Waals surface area contributed by atoms with Crippen molar-refractivity contribution >= 4 is 74.5 Å². The van der Waals surface area contributed by atoms with E-state index < -0.39 is 5.41 Å². The van der Waals surface area contributed by atoms with Crippen LogP contribution in [0.4, 0.5) is 45.9 Å². The van der Waals surface area contributed by atoms with Crippen molar-refractivity contribution in [3.8, 4) is 22.4 Å². The van der Waals surface area contributed by atoms with E-state index in [1.165, 1.54) is 0 Å². The van der Waals surface area contributed by atoms with Gasteiger partial charge in [0.05, 0.1) is 28.9 Å². The molecule has 2 N–H and O–H groups in total. The summed E-state index contributed by atoms with van der Waals surface area (Å²) in [5.41, 5.74) is 9.99. The molecule has 2 amide bonds. The monoisotopic (exact) mass is 837 g/mol. The largest absolute Gasteiger partial charge is 0.340 e. The summed E-state index contributed by atoms with van der Waals surface area (Å²) < 4.78 is 0. The van der Waals surface area contributed by atoms with E-state index in [1.807, 2.05) is 195 Å². The van der Waals surface area contributed by atoms with Crippen molar-refractivity contribution in [1.82, 2.24) is 15.0 Å². The van der Waals surface area contributed by atoms with Gasteiger partial charge in [0, 0.05) is 68.7 Å². The molecule has 0 saturated carbocycles. The Labute approximate surface area is 380 Å². The van der Waals surface area contributed by atoms with Crippen LogP contribution in [0.5, 0.6) is 0 Å². The van der Waals surface area contributed by atoms with E-state index >= 15 is 0 Å². The van der Waals surface area contributed by atoms with Gasteiger partial charge in [0.25, 0.3) is 0 Å². The summed E-state index contributed by atoms with van der Waals surface area (Å²) in [4.78, 5) is 44.5. The number of benzene rings is 6. The van der Waals surface area contributed by atoms with E-state index in [0.717, 1.165) is 73.5 Å². The number of carbonyl (C=O) groups is 2. The third-order valence-corrected chi connectivity index (χ3v) is 10.7. The molecule has 0 atom stereocenters. The normalized spacial score (nSPS) is 12.7. The molecule has 0 bridgehead atoms. The lowest BCUT2D eigenvalue weighted by molar-refractivity contribution is -0.122. The van der Waals surface area contributed by atoms with Gasteiger partial charge in [-0.05, 0) is 91.7 Å². The van der Waals surface area contributed by atoms with Crippen molar-refractivity contribution in [1.29, 1.82) is 0 Å². The fourth-order valence-electron chi connectivity index (χ4n) is 7.73. The molecule has 0 unspecified atom stereocenters. The maximum Gasteiger partial charge on any atom is 0.241 e. The van der Waals surface area contributed by atoms with Crippen molar-refractivity contribution < 1.29 is 9.59 Å². The molecule has 10 rings (SSSR count). The number of carbonyl (C=O) groups excluding carboxylic acids is 2. The van der Waals surface area contributed by atoms with Crippen LogP contribution in [0.3, 0.4) is 0 Å². The Bertz CT molecular complexity index is 2830. The van der Waals surface area contributed by atoms with Gasteiger partial charge in [-0.15, -0.1) is 0 Å². The molecular formula is C53H49B2N7O2. The molecule has 11 heteroatoms. The first-order valence-electron chi connectivity index (χ1n) is 19.8. The lowest BCUT2D eigenvalue weighted by atomic mass is 9.81. The average molecular weight is 838 g/mol. The quantitative estimate of drug-likeness (QED) is 0.161. The van der Waals surface area contributed by atoms with Gasteiger partial charge in [-0.2, -0.15) is 0 Å². The number of anilines is 8. The van der Waals surface area contributed by atoms with E-state index in [2.05, 4.69) is 26.7 Å². The summed E-state index contributed by atoms with van der Waals surface area (Å²) in [6, 6.07) is 57.3. The van der Waals surface area contributed by atoms with Gasteiger partial charge in [-0.1, -0.05) is 124 Å². The fraction of sp³-hybridized carbons (Fsp3) is 0.113. The molecule has 6 radical (unpaired) electrons. The molecule has 0 saturated heterocycles. The van der Waals surface area contributed by atoms with Gasteiger partial charge in [-0.25, -0.2) is 15.0 Å². The molecule has 6 aromatic carbocycles. The highest BCUT2D eigenvalue weighted by Crippen LogP contribution is 2.47. The molecule has 2 aliphatic rings. The third kappa shape index (κ3) is 9.34. The first-order valence-corrected chi connectivity index (χ1v) is 19.8. The second kappa shape index (κ2) is 20.4. The van der Waals surface area contributed by atoms with Crippen molar-refractivity contribution in [3.63, 3.8) is 0 Å². The molecule has 2 aromatic heterocycles. The maximum absolute atomic E-state index is 13.9. The smallest absolute Gasteiger partial charge is 0.241 e. The van der Waals surface area contributed by atoms with Crippen LogP contribution < -0.4 is 20.4 Å². The Kier molecular flexibility index (Phi) is 15.1. The van der Waals surface area contributed by atoms with Crippen LogP contribution in [0, 0.1) is 0 Å². The van der Waals surface area contributed by atoms with Gasteiger partial charge >= 0.3 is 0 Å². The minimum Gasteiger partial charge on any atom is -0.340 e. The van der Waals surface area contributed by atoms with Crippen LogP contribution in [-0.2, 0) is 21.4 Å². The second-order valence-corrected chi connectivity index (χ2v) is 15.0. The summed E-state index contributed by atoms with van der Waals surface area (Å²) in [5.74, 6) is 1.27. The zero-order valence-corrected chi connectivity index (χ0v) is 34.3. The fourth-order valence-corrected chi connectivity index (χ4v) is 7.73. The van der Waals surface area contributed by atoms with Gasteiger partial charge < -0.3 is 10.6 Å². The molecule has 9 nitrogen and oxygen atoms in total. The predicted octanol–water partition coefficient (Wildman–Crippen LogP) is 12.1. The van der Waals surface area contributed by atoms with Crippen LogP contribution in [-0.4, -0.2) is 43.6 Å². The third-order valence-electron chi connectivity index (χ3n) is 10.7. The molecule has 0 fully saturated rings. The number of rotatable bonds is 6. The van der Waals surface area contributed by atoms with Gasteiger partial charge in [0.1, 0.15) is 5.82 Å². The second-order valence-electron chi connectivity index (χ2n) is 15.0. The number of nitrogens with zero attached hydrogens (tertiary/aromatic N) is 5. The highest BCUT2D eigenvalue weighted by Gasteiger charge is 2.41. The van der Waals surface area contributed by atoms with E-state index in [1.54, 1.807) is 11.1 Å². The summed E-state index contributed by atoms with van der Waals surface area (Å²) in [5, 5.41) is 6.62. The van der Waals surface area contributed by atoms with E-state index in [9.17, 15) is 9.59 Å². The van der Waals surface area contributed by atoms with Gasteiger partial charge in [0.2, 0.25) is 17.8 Å². The van der Waals surface area contributed by atoms with Crippen molar-refractivity contribution in [2.45, 2.75) is 40.5 Å². The molecule has 64 heavy (non-hydrogen) atoms. The number of amides is 2. The maximum atomic E-state index is 13.9. The highest BCUT2D eigenvalue weighted by molar-refractivity contribution is 6.12. The Morgan fingerprint density at radius 1 is 0.531 bits per heavy atom. The first kappa shape index (κ1) is 47.3. The molecule has 2 aliphatic heterocycles. The topological polar surface area (TPSA) is 103 Å². The summed E-state index contributed by atoms with van der Waals surface area (Å²) in [6.07, 6.45) is 3.82. The van der Waals surface area contributed by atoms with Gasteiger partial charge in [-0.3, -0.25) is 19.4 Å². The van der Waals surface area contributed by atoms with Crippen molar-refractivity contribution in [2.75, 3.05) is 20.4 Å². The van der Waals surface area contributed by atoms with E-state index in [0.29, 0.717) is 5.95 Å². The number of hydrogen-bond donors (Lipinski definition) is 2. The Morgan fingerprint density at radius 2 is 1.02 bits per heavy atom. The average Bonchev–Trinajstić information content (AvgIpc) is 3.45. The first-order chi connectivity index (χ1) is 29.3. The minimum absolute atomic E-state index is 0. The highest BCUT2D eigenvalue weighted by atomic mass is 16.2. The zero-order valence-electron chi connectivity index (χ0n) is 34.3. The molecule has 0 spiro atoms. The summed E-state index contributed by atoms with van der Waals surface area (Å²) in [6.45, 7) is 3.95. The standard InChI is InChI=1S/C27H23N3O.C24H18N4O.2CH4.2B/c1-27(2)23-18-28-25(29-19-11-5-3-6-12-19)17-22(23)21-15-9-10-16-24(21)30(26(27)31)20-13-7-4-8-14-20;29-22-15-17-16-25-24(26-18-9-3-1-4-10-18)27-23(17)20-13-7-8-14-21(20)28(22)19-11-5-2-6-12-19;;;;/h3-18H,1-2H3,(H,28,29);1-14,16H,15H2,(H,25,26,27);2*1H4;;. The van der Waals surface area contributed by atoms with Crippen molar-refractivity contribution in [3.05, 3.63) is 199 Å². The number of para-hydroxylation sites is 6. The Morgan fingerprint density at radius 3 is 1.61 bits per heavy atom. The molecule has 4 heterocycles. The summed E-state index contributed by atoms with van der Waals surface area (Å²) >= 11 is 0. The number of hydrogen-bond acceptors (Lipinski definition) is 7. The van der Waals surface area contributed by atoms with Crippen LogP contribution in [0.1, 0.15) is 39.8 Å². The summed E-state index contributed by atoms with van der Waals surface area (Å²) in [7, 11) is 0. The SMILES string of the molecule is C.C.CC1(C)C(=O)N(c2ccccc2)c2ccccc2-c2cc(Nc3ccccc3)ncc21.O=C1Cc2cnc(Nc3ccccc3)nc2-c2ccccc2N1c1ccccc1.[B].[B]. The van der Waals surface area contributed by atoms with Crippen molar-refractivity contribution in [2.24, 2.45) is 0 Å². The Hall–Kier alpha value is -7.78. The molecular weight excluding hydrogens is 788 g/mol. The minimum atomic E-state index is -0.748. The van der Waals surface area contributed by atoms with E-state index in [4.69, 9.17) is 4.98 Å². The van der Waals surface area contributed by atoms with Crippen LogP contribution in [0.25, 0.3) is 22.4 Å². The number of fused-ring (bicyclic) bond motifs is 6. The Balaban J connectivity index is 0.000000227. The zero-order chi connectivity index (χ0) is 41.1. The lowest BCUT2D eigenvalue weighted by Gasteiger charge is -2.30. The molecule has 8 aromatic rings.